The van der Waals surface area contributed by atoms with Crippen molar-refractivity contribution in [3.63, 3.8) is 0 Å². The summed E-state index contributed by atoms with van der Waals surface area (Å²) < 4.78 is 6.86. The van der Waals surface area contributed by atoms with Crippen LogP contribution in [0.1, 0.15) is 24.6 Å². The lowest BCUT2D eigenvalue weighted by atomic mass is 10.0. The van der Waals surface area contributed by atoms with Crippen molar-refractivity contribution in [3.05, 3.63) is 16.4 Å². The lowest BCUT2D eigenvalue weighted by Gasteiger charge is -2.17. The van der Waals surface area contributed by atoms with Gasteiger partial charge in [-0.15, -0.1) is 0 Å². The number of hydrogen-bond acceptors (Lipinski definition) is 3. The first-order chi connectivity index (χ1) is 8.10. The summed E-state index contributed by atoms with van der Waals surface area (Å²) in [5.74, 6) is 0. The Hall–Kier alpha value is -0.580. The van der Waals surface area contributed by atoms with Gasteiger partial charge < -0.3 is 10.1 Å². The van der Waals surface area contributed by atoms with Gasteiger partial charge in [0.1, 0.15) is 5.15 Å². The third kappa shape index (κ3) is 3.98. The minimum absolute atomic E-state index is 0.389. The number of aryl methyl sites for hydroxylation is 2. The third-order valence-electron chi connectivity index (χ3n) is 2.88. The van der Waals surface area contributed by atoms with E-state index < -0.39 is 0 Å². The van der Waals surface area contributed by atoms with Gasteiger partial charge >= 0.3 is 0 Å². The van der Waals surface area contributed by atoms with Crippen LogP contribution in [0.25, 0.3) is 0 Å². The molecular formula is C12H22ClN3O. The van der Waals surface area contributed by atoms with Gasteiger partial charge in [0.15, 0.2) is 0 Å². The second-order valence-corrected chi connectivity index (χ2v) is 4.58. The van der Waals surface area contributed by atoms with Crippen LogP contribution in [-0.4, -0.2) is 36.1 Å². The zero-order chi connectivity index (χ0) is 12.8. The van der Waals surface area contributed by atoms with E-state index in [-0.39, 0.29) is 0 Å². The summed E-state index contributed by atoms with van der Waals surface area (Å²) in [6, 6.07) is 0.389. The maximum absolute atomic E-state index is 6.23. The van der Waals surface area contributed by atoms with Crippen LogP contribution >= 0.6 is 11.6 Å². The van der Waals surface area contributed by atoms with Gasteiger partial charge in [0.25, 0.3) is 0 Å². The van der Waals surface area contributed by atoms with E-state index in [0.29, 0.717) is 6.04 Å². The Labute approximate surface area is 108 Å². The Bertz CT molecular complexity index is 352. The number of hydrogen-bond donors (Lipinski definition) is 1. The van der Waals surface area contributed by atoms with E-state index in [1.165, 1.54) is 0 Å². The Morgan fingerprint density at radius 2 is 2.24 bits per heavy atom. The average Bonchev–Trinajstić information content (AvgIpc) is 2.53. The lowest BCUT2D eigenvalue weighted by Crippen LogP contribution is -2.32. The molecular weight excluding hydrogens is 238 g/mol. The SMILES string of the molecule is CCNC(CCOC)Cc1c(C)nn(C)c1Cl. The quantitative estimate of drug-likeness (QED) is 0.814. The first kappa shape index (κ1) is 14.5. The fourth-order valence-electron chi connectivity index (χ4n) is 1.98. The molecule has 0 bridgehead atoms. The molecule has 1 atom stereocenters. The molecule has 0 aliphatic carbocycles. The fourth-order valence-corrected chi connectivity index (χ4v) is 2.23. The molecule has 1 unspecified atom stereocenters. The van der Waals surface area contributed by atoms with E-state index in [9.17, 15) is 0 Å². The minimum Gasteiger partial charge on any atom is -0.385 e. The number of nitrogens with zero attached hydrogens (tertiary/aromatic N) is 2. The van der Waals surface area contributed by atoms with Crippen molar-refractivity contribution in [2.24, 2.45) is 7.05 Å². The number of nitrogens with one attached hydrogen (secondary N) is 1. The smallest absolute Gasteiger partial charge is 0.130 e. The van der Waals surface area contributed by atoms with Gasteiger partial charge in [0.2, 0.25) is 0 Å². The van der Waals surface area contributed by atoms with Crippen LogP contribution in [0.4, 0.5) is 0 Å². The summed E-state index contributed by atoms with van der Waals surface area (Å²) in [4.78, 5) is 0. The number of ether oxygens (including phenoxy) is 1. The van der Waals surface area contributed by atoms with Crippen molar-refractivity contribution in [2.45, 2.75) is 32.7 Å². The molecule has 1 rings (SSSR count). The van der Waals surface area contributed by atoms with Gasteiger partial charge in [0, 0.05) is 32.4 Å². The first-order valence-corrected chi connectivity index (χ1v) is 6.38. The van der Waals surface area contributed by atoms with Crippen LogP contribution in [0.2, 0.25) is 5.15 Å². The Kier molecular flexibility index (Phi) is 5.95. The molecule has 17 heavy (non-hydrogen) atoms. The van der Waals surface area contributed by atoms with Crippen molar-refractivity contribution in [1.29, 1.82) is 0 Å². The van der Waals surface area contributed by atoms with Gasteiger partial charge in [-0.25, -0.2) is 0 Å². The molecule has 0 spiro atoms. The molecule has 0 aromatic carbocycles. The molecule has 1 aromatic heterocycles. The number of likely N-dealkylation sites (N-methyl/N-ethyl adjacent to an activating group) is 1. The van der Waals surface area contributed by atoms with Gasteiger partial charge in [-0.1, -0.05) is 18.5 Å². The van der Waals surface area contributed by atoms with Crippen LogP contribution in [-0.2, 0) is 18.2 Å². The van der Waals surface area contributed by atoms with Gasteiger partial charge in [0.05, 0.1) is 5.69 Å². The largest absolute Gasteiger partial charge is 0.385 e. The van der Waals surface area contributed by atoms with Gasteiger partial charge in [-0.3, -0.25) is 4.68 Å². The second-order valence-electron chi connectivity index (χ2n) is 4.22. The number of aromatic nitrogens is 2. The number of halogens is 1. The molecule has 0 fully saturated rings. The lowest BCUT2D eigenvalue weighted by molar-refractivity contribution is 0.183. The maximum atomic E-state index is 6.23. The van der Waals surface area contributed by atoms with E-state index in [4.69, 9.17) is 16.3 Å². The summed E-state index contributed by atoms with van der Waals surface area (Å²) in [6.45, 7) is 5.82. The van der Waals surface area contributed by atoms with Crippen LogP contribution in [0.15, 0.2) is 0 Å². The van der Waals surface area contributed by atoms with E-state index >= 15 is 0 Å². The highest BCUT2D eigenvalue weighted by molar-refractivity contribution is 6.30. The Morgan fingerprint density at radius 3 is 2.71 bits per heavy atom. The molecule has 0 amide bonds. The van der Waals surface area contributed by atoms with Crippen molar-refractivity contribution >= 4 is 11.6 Å². The zero-order valence-corrected chi connectivity index (χ0v) is 11.8. The molecule has 0 saturated heterocycles. The predicted octanol–water partition coefficient (Wildman–Crippen LogP) is 1.94. The van der Waals surface area contributed by atoms with Crippen LogP contribution < -0.4 is 5.32 Å². The van der Waals surface area contributed by atoms with Gasteiger partial charge in [-0.2, -0.15) is 5.10 Å². The van der Waals surface area contributed by atoms with E-state index in [1.54, 1.807) is 11.8 Å². The molecule has 0 saturated carbocycles. The molecule has 98 valence electrons. The summed E-state index contributed by atoms with van der Waals surface area (Å²) in [7, 11) is 3.60. The van der Waals surface area contributed by atoms with E-state index in [0.717, 1.165) is 42.4 Å². The summed E-state index contributed by atoms with van der Waals surface area (Å²) in [6.07, 6.45) is 1.88. The third-order valence-corrected chi connectivity index (χ3v) is 3.36. The molecule has 1 aromatic rings. The van der Waals surface area contributed by atoms with E-state index in [2.05, 4.69) is 17.3 Å². The Balaban J connectivity index is 2.70. The van der Waals surface area contributed by atoms with E-state index in [1.807, 2.05) is 14.0 Å². The standard InChI is InChI=1S/C12H22ClN3O/c1-5-14-10(6-7-17-4)8-11-9(2)15-16(3)12(11)13/h10,14H,5-8H2,1-4H3. The first-order valence-electron chi connectivity index (χ1n) is 6.00. The minimum atomic E-state index is 0.389. The van der Waals surface area contributed by atoms with Crippen LogP contribution in [0.3, 0.4) is 0 Å². The van der Waals surface area contributed by atoms with Crippen LogP contribution in [0, 0.1) is 6.92 Å². The van der Waals surface area contributed by atoms with Crippen molar-refractivity contribution in [1.82, 2.24) is 15.1 Å². The van der Waals surface area contributed by atoms with Crippen molar-refractivity contribution in [3.8, 4) is 0 Å². The second kappa shape index (κ2) is 6.99. The summed E-state index contributed by atoms with van der Waals surface area (Å²) >= 11 is 6.23. The van der Waals surface area contributed by atoms with Crippen LogP contribution in [0.5, 0.6) is 0 Å². The molecule has 1 N–H and O–H groups in total. The monoisotopic (exact) mass is 259 g/mol. The highest BCUT2D eigenvalue weighted by atomic mass is 35.5. The molecule has 5 heteroatoms. The molecule has 1 heterocycles. The average molecular weight is 260 g/mol. The zero-order valence-electron chi connectivity index (χ0n) is 11.1. The summed E-state index contributed by atoms with van der Waals surface area (Å²) in [5, 5.41) is 8.52. The van der Waals surface area contributed by atoms with Gasteiger partial charge in [-0.05, 0) is 26.3 Å². The normalized spacial score (nSPS) is 13.0. The maximum Gasteiger partial charge on any atom is 0.130 e. The Morgan fingerprint density at radius 1 is 1.53 bits per heavy atom. The fraction of sp³-hybridized carbons (Fsp3) is 0.750. The molecule has 4 nitrogen and oxygen atoms in total. The number of methoxy groups -OCH3 is 1. The van der Waals surface area contributed by atoms with Crippen molar-refractivity contribution < 1.29 is 4.74 Å². The molecule has 0 aliphatic rings. The van der Waals surface area contributed by atoms with Crippen molar-refractivity contribution in [2.75, 3.05) is 20.3 Å². The molecule has 0 aliphatic heterocycles. The molecule has 0 radical (unpaired) electrons. The number of rotatable bonds is 7. The summed E-state index contributed by atoms with van der Waals surface area (Å²) in [5.41, 5.74) is 2.15. The highest BCUT2D eigenvalue weighted by Crippen LogP contribution is 2.20. The topological polar surface area (TPSA) is 39.1 Å². The predicted molar refractivity (Wildman–Crippen MR) is 70.6 cm³/mol. The highest BCUT2D eigenvalue weighted by Gasteiger charge is 2.16.